The molecule has 1 heterocycles. The SMILES string of the molecule is Cc1ccc(SC2C[C@@H](C)[C@H](C)O2)cc1. The Labute approximate surface area is 96.2 Å². The van der Waals surface area contributed by atoms with Gasteiger partial charge in [0.25, 0.3) is 0 Å². The minimum absolute atomic E-state index is 0.345. The number of benzene rings is 1. The molecule has 1 unspecified atom stereocenters. The lowest BCUT2D eigenvalue weighted by Crippen LogP contribution is -2.07. The maximum absolute atomic E-state index is 5.87. The summed E-state index contributed by atoms with van der Waals surface area (Å²) in [5, 5.41) is 0. The number of hydrogen-bond acceptors (Lipinski definition) is 2. The van der Waals surface area contributed by atoms with Crippen LogP contribution in [0, 0.1) is 12.8 Å². The normalized spacial score (nSPS) is 30.7. The summed E-state index contributed by atoms with van der Waals surface area (Å²) in [7, 11) is 0. The molecule has 1 aromatic carbocycles. The third kappa shape index (κ3) is 2.76. The Morgan fingerprint density at radius 3 is 2.40 bits per heavy atom. The van der Waals surface area contributed by atoms with Crippen molar-refractivity contribution in [2.45, 2.75) is 43.6 Å². The average Bonchev–Trinajstić information content (AvgIpc) is 2.50. The van der Waals surface area contributed by atoms with Crippen LogP contribution in [0.15, 0.2) is 29.2 Å². The molecule has 1 saturated heterocycles. The second-order valence-corrected chi connectivity index (χ2v) is 5.65. The van der Waals surface area contributed by atoms with Crippen LogP contribution in [0.5, 0.6) is 0 Å². The van der Waals surface area contributed by atoms with E-state index in [1.807, 2.05) is 11.8 Å². The lowest BCUT2D eigenvalue weighted by molar-refractivity contribution is 0.0922. The van der Waals surface area contributed by atoms with Crippen LogP contribution in [-0.4, -0.2) is 11.5 Å². The predicted molar refractivity (Wildman–Crippen MR) is 65.2 cm³/mol. The van der Waals surface area contributed by atoms with Crippen LogP contribution in [0.2, 0.25) is 0 Å². The summed E-state index contributed by atoms with van der Waals surface area (Å²) < 4.78 is 5.87. The quantitative estimate of drug-likeness (QED) is 0.751. The van der Waals surface area contributed by atoms with E-state index < -0.39 is 0 Å². The highest BCUT2D eigenvalue weighted by Crippen LogP contribution is 2.36. The molecule has 15 heavy (non-hydrogen) atoms. The van der Waals surface area contributed by atoms with Gasteiger partial charge in [-0.3, -0.25) is 0 Å². The molecule has 1 nitrogen and oxygen atoms in total. The molecule has 0 aromatic heterocycles. The molecule has 1 aliphatic heterocycles. The first-order valence-corrected chi connectivity index (χ1v) is 6.42. The predicted octanol–water partition coefficient (Wildman–Crippen LogP) is 3.86. The van der Waals surface area contributed by atoms with E-state index in [-0.39, 0.29) is 0 Å². The van der Waals surface area contributed by atoms with Crippen molar-refractivity contribution in [3.63, 3.8) is 0 Å². The van der Waals surface area contributed by atoms with Gasteiger partial charge < -0.3 is 4.74 Å². The second-order valence-electron chi connectivity index (χ2n) is 4.41. The molecular weight excluding hydrogens is 204 g/mol. The first-order valence-electron chi connectivity index (χ1n) is 5.54. The molecular formula is C13H18OS. The van der Waals surface area contributed by atoms with Gasteiger partial charge >= 0.3 is 0 Å². The van der Waals surface area contributed by atoms with Gasteiger partial charge in [-0.2, -0.15) is 0 Å². The van der Waals surface area contributed by atoms with E-state index in [2.05, 4.69) is 45.0 Å². The van der Waals surface area contributed by atoms with Crippen molar-refractivity contribution in [2.24, 2.45) is 5.92 Å². The van der Waals surface area contributed by atoms with Crippen molar-refractivity contribution < 1.29 is 4.74 Å². The largest absolute Gasteiger partial charge is 0.364 e. The van der Waals surface area contributed by atoms with Crippen LogP contribution in [0.4, 0.5) is 0 Å². The molecule has 1 aliphatic rings. The van der Waals surface area contributed by atoms with E-state index in [9.17, 15) is 0 Å². The first kappa shape index (κ1) is 11.0. The van der Waals surface area contributed by atoms with Crippen molar-refractivity contribution in [1.29, 1.82) is 0 Å². The van der Waals surface area contributed by atoms with Crippen LogP contribution in [0.25, 0.3) is 0 Å². The summed E-state index contributed by atoms with van der Waals surface area (Å²) in [6, 6.07) is 8.67. The van der Waals surface area contributed by atoms with Gasteiger partial charge in [-0.1, -0.05) is 36.4 Å². The Bertz CT molecular complexity index is 310. The highest BCUT2D eigenvalue weighted by molar-refractivity contribution is 7.99. The molecule has 0 spiro atoms. The van der Waals surface area contributed by atoms with Crippen LogP contribution in [-0.2, 0) is 4.74 Å². The van der Waals surface area contributed by atoms with Crippen LogP contribution in [0.3, 0.4) is 0 Å². The first-order chi connectivity index (χ1) is 7.15. The topological polar surface area (TPSA) is 9.23 Å². The molecule has 3 atom stereocenters. The molecule has 82 valence electrons. The highest BCUT2D eigenvalue weighted by atomic mass is 32.2. The average molecular weight is 222 g/mol. The minimum atomic E-state index is 0.345. The van der Waals surface area contributed by atoms with Crippen LogP contribution >= 0.6 is 11.8 Å². The Balaban J connectivity index is 1.95. The van der Waals surface area contributed by atoms with E-state index in [1.165, 1.54) is 16.9 Å². The highest BCUT2D eigenvalue weighted by Gasteiger charge is 2.29. The minimum Gasteiger partial charge on any atom is -0.364 e. The van der Waals surface area contributed by atoms with Crippen molar-refractivity contribution in [2.75, 3.05) is 0 Å². The van der Waals surface area contributed by atoms with Gasteiger partial charge in [0, 0.05) is 4.90 Å². The number of rotatable bonds is 2. The van der Waals surface area contributed by atoms with Gasteiger partial charge in [-0.05, 0) is 38.3 Å². The van der Waals surface area contributed by atoms with E-state index >= 15 is 0 Å². The Morgan fingerprint density at radius 1 is 1.20 bits per heavy atom. The van der Waals surface area contributed by atoms with Gasteiger partial charge in [0.15, 0.2) is 0 Å². The van der Waals surface area contributed by atoms with Gasteiger partial charge in [-0.25, -0.2) is 0 Å². The van der Waals surface area contributed by atoms with Crippen molar-refractivity contribution in [3.05, 3.63) is 29.8 Å². The standard InChI is InChI=1S/C13H18OS/c1-9-4-6-12(7-5-9)15-13-8-10(2)11(3)14-13/h4-7,10-11,13H,8H2,1-3H3/t10-,11+,13?/m1/s1. The molecule has 0 N–H and O–H groups in total. The maximum atomic E-state index is 5.87. The molecule has 0 aliphatic carbocycles. The fourth-order valence-corrected chi connectivity index (χ4v) is 3.00. The molecule has 1 fully saturated rings. The van der Waals surface area contributed by atoms with Crippen LogP contribution < -0.4 is 0 Å². The molecule has 0 bridgehead atoms. The third-order valence-corrected chi connectivity index (χ3v) is 4.13. The monoisotopic (exact) mass is 222 g/mol. The van der Waals surface area contributed by atoms with E-state index in [1.54, 1.807) is 0 Å². The number of aryl methyl sites for hydroxylation is 1. The lowest BCUT2D eigenvalue weighted by Gasteiger charge is -2.10. The fraction of sp³-hybridized carbons (Fsp3) is 0.538. The van der Waals surface area contributed by atoms with Crippen LogP contribution in [0.1, 0.15) is 25.8 Å². The molecule has 0 saturated carbocycles. The van der Waals surface area contributed by atoms with E-state index in [0.717, 1.165) is 0 Å². The van der Waals surface area contributed by atoms with Crippen molar-refractivity contribution in [1.82, 2.24) is 0 Å². The number of ether oxygens (including phenoxy) is 1. The summed E-state index contributed by atoms with van der Waals surface area (Å²) in [5.74, 6) is 0.688. The zero-order valence-corrected chi connectivity index (χ0v) is 10.4. The lowest BCUT2D eigenvalue weighted by atomic mass is 10.1. The Morgan fingerprint density at radius 2 is 1.87 bits per heavy atom. The Hall–Kier alpha value is -0.470. The van der Waals surface area contributed by atoms with E-state index in [0.29, 0.717) is 17.5 Å². The summed E-state index contributed by atoms with van der Waals surface area (Å²) in [4.78, 5) is 1.31. The fourth-order valence-electron chi connectivity index (χ4n) is 1.77. The smallest absolute Gasteiger partial charge is 0.108 e. The zero-order chi connectivity index (χ0) is 10.8. The maximum Gasteiger partial charge on any atom is 0.108 e. The summed E-state index contributed by atoms with van der Waals surface area (Å²) in [5.41, 5.74) is 1.66. The van der Waals surface area contributed by atoms with Crippen molar-refractivity contribution in [3.8, 4) is 0 Å². The third-order valence-electron chi connectivity index (χ3n) is 3.02. The van der Waals surface area contributed by atoms with Gasteiger partial charge in [0.1, 0.15) is 5.44 Å². The summed E-state index contributed by atoms with van der Waals surface area (Å²) >= 11 is 1.85. The molecule has 2 heteroatoms. The van der Waals surface area contributed by atoms with Gasteiger partial charge in [0.05, 0.1) is 6.10 Å². The molecule has 0 radical (unpaired) electrons. The zero-order valence-electron chi connectivity index (χ0n) is 9.57. The Kier molecular flexibility index (Phi) is 3.37. The summed E-state index contributed by atoms with van der Waals surface area (Å²) in [6.07, 6.45) is 1.58. The second kappa shape index (κ2) is 4.58. The van der Waals surface area contributed by atoms with E-state index in [4.69, 9.17) is 4.74 Å². The molecule has 0 amide bonds. The van der Waals surface area contributed by atoms with Crippen molar-refractivity contribution >= 4 is 11.8 Å². The number of hydrogen-bond donors (Lipinski definition) is 0. The molecule has 2 rings (SSSR count). The summed E-state index contributed by atoms with van der Waals surface area (Å²) in [6.45, 7) is 6.55. The van der Waals surface area contributed by atoms with Gasteiger partial charge in [-0.15, -0.1) is 0 Å². The number of thioether (sulfide) groups is 1. The molecule has 1 aromatic rings. The van der Waals surface area contributed by atoms with Gasteiger partial charge in [0.2, 0.25) is 0 Å².